The van der Waals surface area contributed by atoms with Crippen LogP contribution in [0, 0.1) is 5.82 Å². The highest BCUT2D eigenvalue weighted by Crippen LogP contribution is 2.18. The summed E-state index contributed by atoms with van der Waals surface area (Å²) in [6.45, 7) is 1.67. The summed E-state index contributed by atoms with van der Waals surface area (Å²) in [7, 11) is 1.40. The van der Waals surface area contributed by atoms with Crippen molar-refractivity contribution >= 4 is 11.7 Å². The summed E-state index contributed by atoms with van der Waals surface area (Å²) in [6.07, 6.45) is 0. The molecule has 1 rings (SSSR count). The highest BCUT2D eigenvalue weighted by molar-refractivity contribution is 5.99. The van der Waals surface area contributed by atoms with E-state index in [1.807, 2.05) is 0 Å². The van der Waals surface area contributed by atoms with Crippen LogP contribution in [0.2, 0.25) is 0 Å². The highest BCUT2D eigenvalue weighted by atomic mass is 19.1. The summed E-state index contributed by atoms with van der Waals surface area (Å²) in [5.74, 6) is -0.425. The summed E-state index contributed by atoms with van der Waals surface area (Å²) >= 11 is 0. The lowest BCUT2D eigenvalue weighted by Gasteiger charge is -2.03. The number of benzene rings is 1. The fourth-order valence-electron chi connectivity index (χ4n) is 1.08. The standard InChI is InChI=1S/C10H13FN4O/c1-6(14-15-10(12)13)7-3-4-9(16-2)8(11)5-7/h3-5H,1-2H3,(H4,12,13,15). The second-order valence-corrected chi connectivity index (χ2v) is 3.06. The number of rotatable bonds is 3. The van der Waals surface area contributed by atoms with E-state index in [-0.39, 0.29) is 11.7 Å². The third kappa shape index (κ3) is 2.94. The molecule has 0 aromatic heterocycles. The second-order valence-electron chi connectivity index (χ2n) is 3.06. The topological polar surface area (TPSA) is 86.0 Å². The van der Waals surface area contributed by atoms with Crippen molar-refractivity contribution in [3.63, 3.8) is 0 Å². The Morgan fingerprint density at radius 2 is 2.00 bits per heavy atom. The molecule has 0 saturated carbocycles. The van der Waals surface area contributed by atoms with E-state index in [0.717, 1.165) is 0 Å². The van der Waals surface area contributed by atoms with Crippen molar-refractivity contribution in [3.8, 4) is 5.75 Å². The number of hydrogen-bond acceptors (Lipinski definition) is 3. The van der Waals surface area contributed by atoms with Gasteiger partial charge in [0.25, 0.3) is 0 Å². The highest BCUT2D eigenvalue weighted by Gasteiger charge is 2.05. The Kier molecular flexibility index (Phi) is 3.82. The average molecular weight is 224 g/mol. The molecule has 1 aromatic rings. The number of methoxy groups -OCH3 is 1. The van der Waals surface area contributed by atoms with Crippen LogP contribution in [0.1, 0.15) is 12.5 Å². The van der Waals surface area contributed by atoms with Crippen molar-refractivity contribution in [2.75, 3.05) is 7.11 Å². The summed E-state index contributed by atoms with van der Waals surface area (Å²) in [5.41, 5.74) is 11.3. The molecule has 0 bridgehead atoms. The molecule has 16 heavy (non-hydrogen) atoms. The first-order valence-corrected chi connectivity index (χ1v) is 4.51. The van der Waals surface area contributed by atoms with Gasteiger partial charge in [-0.15, -0.1) is 5.10 Å². The minimum Gasteiger partial charge on any atom is -0.494 e. The van der Waals surface area contributed by atoms with E-state index in [9.17, 15) is 4.39 Å². The molecule has 0 unspecified atom stereocenters. The van der Waals surface area contributed by atoms with Crippen molar-refractivity contribution in [1.82, 2.24) is 0 Å². The van der Waals surface area contributed by atoms with Gasteiger partial charge in [0.1, 0.15) is 0 Å². The van der Waals surface area contributed by atoms with Crippen molar-refractivity contribution in [2.45, 2.75) is 6.92 Å². The van der Waals surface area contributed by atoms with E-state index in [1.165, 1.54) is 19.2 Å². The third-order valence-electron chi connectivity index (χ3n) is 1.89. The average Bonchev–Trinajstić information content (AvgIpc) is 2.25. The van der Waals surface area contributed by atoms with Crippen LogP contribution in [-0.4, -0.2) is 18.8 Å². The normalized spacial score (nSPS) is 11.1. The number of nitrogens with zero attached hydrogens (tertiary/aromatic N) is 2. The molecule has 0 atom stereocenters. The van der Waals surface area contributed by atoms with Crippen molar-refractivity contribution in [1.29, 1.82) is 0 Å². The van der Waals surface area contributed by atoms with Crippen LogP contribution in [0.5, 0.6) is 5.75 Å². The van der Waals surface area contributed by atoms with Gasteiger partial charge in [0.2, 0.25) is 5.96 Å². The number of halogens is 1. The molecular weight excluding hydrogens is 211 g/mol. The van der Waals surface area contributed by atoms with E-state index in [1.54, 1.807) is 13.0 Å². The zero-order valence-corrected chi connectivity index (χ0v) is 9.07. The summed E-state index contributed by atoms with van der Waals surface area (Å²) in [4.78, 5) is 0. The number of guanidine groups is 1. The molecule has 1 aromatic carbocycles. The van der Waals surface area contributed by atoms with Crippen LogP contribution in [0.25, 0.3) is 0 Å². The van der Waals surface area contributed by atoms with Gasteiger partial charge in [-0.1, -0.05) is 0 Å². The van der Waals surface area contributed by atoms with Crippen molar-refractivity contribution in [2.24, 2.45) is 21.7 Å². The molecule has 5 nitrogen and oxygen atoms in total. The molecule has 0 saturated heterocycles. The molecule has 86 valence electrons. The van der Waals surface area contributed by atoms with Crippen molar-refractivity contribution < 1.29 is 9.13 Å². The van der Waals surface area contributed by atoms with Crippen molar-refractivity contribution in [3.05, 3.63) is 29.6 Å². The number of hydrogen-bond donors (Lipinski definition) is 2. The minimum absolute atomic E-state index is 0.145. The first-order chi connectivity index (χ1) is 7.54. The van der Waals surface area contributed by atoms with Crippen LogP contribution >= 0.6 is 0 Å². The Morgan fingerprint density at radius 3 is 2.50 bits per heavy atom. The zero-order valence-electron chi connectivity index (χ0n) is 9.07. The van der Waals surface area contributed by atoms with Crippen LogP contribution in [0.4, 0.5) is 4.39 Å². The second kappa shape index (κ2) is 5.11. The Morgan fingerprint density at radius 1 is 1.31 bits per heavy atom. The minimum atomic E-state index is -0.459. The van der Waals surface area contributed by atoms with Gasteiger partial charge in [-0.3, -0.25) is 0 Å². The monoisotopic (exact) mass is 224 g/mol. The van der Waals surface area contributed by atoms with Gasteiger partial charge in [0, 0.05) is 5.56 Å². The van der Waals surface area contributed by atoms with Gasteiger partial charge in [0.15, 0.2) is 11.6 Å². The van der Waals surface area contributed by atoms with Gasteiger partial charge in [0.05, 0.1) is 12.8 Å². The maximum absolute atomic E-state index is 13.3. The quantitative estimate of drug-likeness (QED) is 0.453. The Bertz CT molecular complexity index is 438. The van der Waals surface area contributed by atoms with Crippen LogP contribution in [0.15, 0.2) is 28.4 Å². The number of ether oxygens (including phenoxy) is 1. The molecule has 0 amide bonds. The molecule has 0 radical (unpaired) electrons. The Labute approximate surface area is 92.6 Å². The van der Waals surface area contributed by atoms with E-state index in [4.69, 9.17) is 16.2 Å². The molecule has 0 fully saturated rings. The van der Waals surface area contributed by atoms with Gasteiger partial charge < -0.3 is 16.2 Å². The van der Waals surface area contributed by atoms with Crippen LogP contribution in [0.3, 0.4) is 0 Å². The van der Waals surface area contributed by atoms with Crippen LogP contribution in [-0.2, 0) is 0 Å². The van der Waals surface area contributed by atoms with E-state index in [0.29, 0.717) is 11.3 Å². The maximum atomic E-state index is 13.3. The maximum Gasteiger partial charge on any atom is 0.211 e. The van der Waals surface area contributed by atoms with Crippen LogP contribution < -0.4 is 16.2 Å². The molecule has 4 N–H and O–H groups in total. The number of nitrogens with two attached hydrogens (primary N) is 2. The smallest absolute Gasteiger partial charge is 0.211 e. The molecule has 0 aliphatic heterocycles. The van der Waals surface area contributed by atoms with Gasteiger partial charge in [-0.25, -0.2) is 4.39 Å². The summed E-state index contributed by atoms with van der Waals surface area (Å²) < 4.78 is 18.1. The lowest BCUT2D eigenvalue weighted by atomic mass is 10.1. The summed E-state index contributed by atoms with van der Waals surface area (Å²) in [5, 5.41) is 7.22. The molecule has 0 aliphatic carbocycles. The first-order valence-electron chi connectivity index (χ1n) is 4.51. The van der Waals surface area contributed by atoms with E-state index < -0.39 is 5.82 Å². The molecular formula is C10H13FN4O. The fraction of sp³-hybridized carbons (Fsp3) is 0.200. The largest absolute Gasteiger partial charge is 0.494 e. The third-order valence-corrected chi connectivity index (χ3v) is 1.89. The molecule has 0 spiro atoms. The van der Waals surface area contributed by atoms with Gasteiger partial charge >= 0.3 is 0 Å². The Balaban J connectivity index is 3.02. The van der Waals surface area contributed by atoms with Gasteiger partial charge in [-0.05, 0) is 25.1 Å². The van der Waals surface area contributed by atoms with Gasteiger partial charge in [-0.2, -0.15) is 5.10 Å². The van der Waals surface area contributed by atoms with E-state index >= 15 is 0 Å². The predicted molar refractivity (Wildman–Crippen MR) is 61.0 cm³/mol. The lowest BCUT2D eigenvalue weighted by Crippen LogP contribution is -2.22. The molecule has 0 heterocycles. The lowest BCUT2D eigenvalue weighted by molar-refractivity contribution is 0.386. The van der Waals surface area contributed by atoms with E-state index in [2.05, 4.69) is 10.2 Å². The predicted octanol–water partition coefficient (Wildman–Crippen LogP) is 0.832. The fourth-order valence-corrected chi connectivity index (χ4v) is 1.08. The molecule has 6 heteroatoms. The SMILES string of the molecule is COc1ccc(C(C)=NN=C(N)N)cc1F. The Hall–Kier alpha value is -2.11. The summed E-state index contributed by atoms with van der Waals surface area (Å²) in [6, 6.07) is 4.49. The zero-order chi connectivity index (χ0) is 12.1. The first kappa shape index (κ1) is 12.0. The molecule has 0 aliphatic rings.